The van der Waals surface area contributed by atoms with Crippen LogP contribution in [0, 0.1) is 18.3 Å². The van der Waals surface area contributed by atoms with Gasteiger partial charge in [-0.2, -0.15) is 5.26 Å². The molecule has 0 aliphatic rings. The first-order chi connectivity index (χ1) is 8.13. The van der Waals surface area contributed by atoms with E-state index in [-0.39, 0.29) is 11.1 Å². The van der Waals surface area contributed by atoms with E-state index in [0.717, 1.165) is 24.1 Å². The summed E-state index contributed by atoms with van der Waals surface area (Å²) >= 11 is 0. The van der Waals surface area contributed by atoms with Gasteiger partial charge in [-0.25, -0.2) is 0 Å². The van der Waals surface area contributed by atoms with E-state index < -0.39 is 0 Å². The molecule has 0 spiro atoms. The smallest absolute Gasteiger partial charge is 0.266 e. The number of rotatable bonds is 4. The number of hydrogen-bond acceptors (Lipinski definition) is 4. The maximum atomic E-state index is 11.4. The topological polar surface area (TPSA) is 78.2 Å². The van der Waals surface area contributed by atoms with E-state index in [1.165, 1.54) is 7.11 Å². The van der Waals surface area contributed by atoms with Gasteiger partial charge in [0.15, 0.2) is 0 Å². The molecule has 0 radical (unpaired) electrons. The molecule has 1 N–H and O–H groups in total. The van der Waals surface area contributed by atoms with Crippen molar-refractivity contribution in [1.82, 2.24) is 4.98 Å². The lowest BCUT2D eigenvalue weighted by Gasteiger charge is -2.08. The number of hydrogen-bond donors (Lipinski definition) is 1. The molecule has 1 rings (SSSR count). The normalized spacial score (nSPS) is 11.1. The second kappa shape index (κ2) is 5.85. The van der Waals surface area contributed by atoms with Gasteiger partial charge in [-0.15, -0.1) is 0 Å². The number of H-pyrrole nitrogens is 1. The molecule has 0 bridgehead atoms. The van der Waals surface area contributed by atoms with Crippen molar-refractivity contribution < 1.29 is 4.84 Å². The molecule has 17 heavy (non-hydrogen) atoms. The summed E-state index contributed by atoms with van der Waals surface area (Å²) in [7, 11) is 1.47. The number of nitriles is 1. The quantitative estimate of drug-likeness (QED) is 0.635. The second-order valence-corrected chi connectivity index (χ2v) is 3.63. The van der Waals surface area contributed by atoms with Crippen molar-refractivity contribution in [2.45, 2.75) is 26.7 Å². The highest BCUT2D eigenvalue weighted by Gasteiger charge is 2.11. The van der Waals surface area contributed by atoms with Crippen LogP contribution in [0.4, 0.5) is 0 Å². The van der Waals surface area contributed by atoms with Gasteiger partial charge in [-0.05, 0) is 19.4 Å². The number of aromatic amines is 1. The Hall–Kier alpha value is -2.09. The van der Waals surface area contributed by atoms with Crippen LogP contribution in [0.2, 0.25) is 0 Å². The Kier molecular flexibility index (Phi) is 4.46. The summed E-state index contributed by atoms with van der Waals surface area (Å²) in [6, 6.07) is 3.42. The molecular weight excluding hydrogens is 218 g/mol. The fourth-order valence-corrected chi connectivity index (χ4v) is 1.58. The molecule has 1 heterocycles. The maximum Gasteiger partial charge on any atom is 0.266 e. The predicted octanol–water partition coefficient (Wildman–Crippen LogP) is 1.71. The standard InChI is InChI=1S/C12H15N3O2/c1-4-5-11(15-17-3)10-6-9(7-13)12(16)14-8(10)2/h6H,4-5H2,1-3H3,(H,14,16)/b15-11-. The van der Waals surface area contributed by atoms with Crippen molar-refractivity contribution in [1.29, 1.82) is 5.26 Å². The highest BCUT2D eigenvalue weighted by Crippen LogP contribution is 2.11. The Bertz CT molecular complexity index is 524. The van der Waals surface area contributed by atoms with Crippen molar-refractivity contribution >= 4 is 5.71 Å². The van der Waals surface area contributed by atoms with E-state index in [2.05, 4.69) is 10.1 Å². The molecule has 1 aromatic heterocycles. The largest absolute Gasteiger partial charge is 0.399 e. The zero-order valence-corrected chi connectivity index (χ0v) is 10.2. The minimum Gasteiger partial charge on any atom is -0.399 e. The molecule has 1 aromatic rings. The molecule has 0 aromatic carbocycles. The van der Waals surface area contributed by atoms with Crippen LogP contribution in [-0.4, -0.2) is 17.8 Å². The fourth-order valence-electron chi connectivity index (χ4n) is 1.58. The van der Waals surface area contributed by atoms with Crippen LogP contribution in [0.15, 0.2) is 16.0 Å². The lowest BCUT2D eigenvalue weighted by molar-refractivity contribution is 0.212. The summed E-state index contributed by atoms with van der Waals surface area (Å²) in [6.07, 6.45) is 1.63. The van der Waals surface area contributed by atoms with Crippen LogP contribution in [0.5, 0.6) is 0 Å². The van der Waals surface area contributed by atoms with Gasteiger partial charge in [0, 0.05) is 11.3 Å². The first kappa shape index (κ1) is 13.0. The zero-order valence-electron chi connectivity index (χ0n) is 10.2. The zero-order chi connectivity index (χ0) is 12.8. The molecule has 90 valence electrons. The summed E-state index contributed by atoms with van der Waals surface area (Å²) in [5, 5.41) is 12.8. The summed E-state index contributed by atoms with van der Waals surface area (Å²) in [5.74, 6) is 0. The van der Waals surface area contributed by atoms with Gasteiger partial charge < -0.3 is 9.82 Å². The Morgan fingerprint density at radius 3 is 2.88 bits per heavy atom. The Labute approximate surface area is 99.7 Å². The molecule has 0 amide bonds. The van der Waals surface area contributed by atoms with Crippen molar-refractivity contribution in [3.05, 3.63) is 33.2 Å². The predicted molar refractivity (Wildman–Crippen MR) is 65.0 cm³/mol. The van der Waals surface area contributed by atoms with Crippen molar-refractivity contribution in [2.75, 3.05) is 7.11 Å². The monoisotopic (exact) mass is 233 g/mol. The highest BCUT2D eigenvalue weighted by molar-refractivity contribution is 6.01. The number of pyridine rings is 1. The Balaban J connectivity index is 3.34. The lowest BCUT2D eigenvalue weighted by atomic mass is 10.0. The van der Waals surface area contributed by atoms with Gasteiger partial charge in [-0.3, -0.25) is 4.79 Å². The third kappa shape index (κ3) is 2.94. The van der Waals surface area contributed by atoms with E-state index in [0.29, 0.717) is 5.69 Å². The lowest BCUT2D eigenvalue weighted by Crippen LogP contribution is -2.16. The summed E-state index contributed by atoms with van der Waals surface area (Å²) in [5.41, 5.74) is 1.90. The van der Waals surface area contributed by atoms with Gasteiger partial charge in [0.2, 0.25) is 0 Å². The number of nitrogens with zero attached hydrogens (tertiary/aromatic N) is 2. The number of nitrogens with one attached hydrogen (secondary N) is 1. The highest BCUT2D eigenvalue weighted by atomic mass is 16.6. The molecule has 0 aliphatic heterocycles. The van der Waals surface area contributed by atoms with E-state index in [1.807, 2.05) is 13.0 Å². The fraction of sp³-hybridized carbons (Fsp3) is 0.417. The third-order valence-corrected chi connectivity index (χ3v) is 2.36. The van der Waals surface area contributed by atoms with Crippen molar-refractivity contribution in [2.24, 2.45) is 5.16 Å². The van der Waals surface area contributed by atoms with Crippen LogP contribution < -0.4 is 5.56 Å². The van der Waals surface area contributed by atoms with Gasteiger partial charge in [0.1, 0.15) is 18.7 Å². The molecule has 0 aliphatic carbocycles. The summed E-state index contributed by atoms with van der Waals surface area (Å²) in [6.45, 7) is 3.80. The number of oxime groups is 1. The average molecular weight is 233 g/mol. The summed E-state index contributed by atoms with van der Waals surface area (Å²) in [4.78, 5) is 18.8. The van der Waals surface area contributed by atoms with Gasteiger partial charge in [0.25, 0.3) is 5.56 Å². The molecule has 0 atom stereocenters. The maximum absolute atomic E-state index is 11.4. The minimum absolute atomic E-state index is 0.0884. The minimum atomic E-state index is -0.373. The van der Waals surface area contributed by atoms with Gasteiger partial charge in [0.05, 0.1) is 5.71 Å². The van der Waals surface area contributed by atoms with E-state index >= 15 is 0 Å². The van der Waals surface area contributed by atoms with Gasteiger partial charge >= 0.3 is 0 Å². The Morgan fingerprint density at radius 2 is 2.35 bits per heavy atom. The second-order valence-electron chi connectivity index (χ2n) is 3.63. The van der Waals surface area contributed by atoms with Crippen molar-refractivity contribution in [3.8, 4) is 6.07 Å². The molecule has 5 nitrogen and oxygen atoms in total. The first-order valence-electron chi connectivity index (χ1n) is 5.38. The molecule has 0 saturated heterocycles. The SMILES string of the molecule is CCC/C(=N/OC)c1cc(C#N)c(=O)[nH]c1C. The van der Waals surface area contributed by atoms with Crippen LogP contribution in [0.3, 0.4) is 0 Å². The first-order valence-corrected chi connectivity index (χ1v) is 5.38. The van der Waals surface area contributed by atoms with Crippen LogP contribution >= 0.6 is 0 Å². The van der Waals surface area contributed by atoms with Crippen LogP contribution in [0.25, 0.3) is 0 Å². The van der Waals surface area contributed by atoms with Gasteiger partial charge in [-0.1, -0.05) is 18.5 Å². The summed E-state index contributed by atoms with van der Waals surface area (Å²) < 4.78 is 0. The Morgan fingerprint density at radius 1 is 1.65 bits per heavy atom. The molecule has 0 unspecified atom stereocenters. The average Bonchev–Trinajstić information content (AvgIpc) is 2.29. The molecule has 0 fully saturated rings. The van der Waals surface area contributed by atoms with E-state index in [9.17, 15) is 4.79 Å². The van der Waals surface area contributed by atoms with Crippen molar-refractivity contribution in [3.63, 3.8) is 0 Å². The van der Waals surface area contributed by atoms with E-state index in [4.69, 9.17) is 10.1 Å². The third-order valence-electron chi connectivity index (χ3n) is 2.36. The van der Waals surface area contributed by atoms with Crippen LogP contribution in [0.1, 0.15) is 36.6 Å². The van der Waals surface area contributed by atoms with Crippen LogP contribution in [-0.2, 0) is 4.84 Å². The molecule has 5 heteroatoms. The molecule has 0 saturated carbocycles. The number of aromatic nitrogens is 1. The number of aryl methyl sites for hydroxylation is 1. The van der Waals surface area contributed by atoms with E-state index in [1.54, 1.807) is 13.0 Å². The molecular formula is C12H15N3O2.